The topological polar surface area (TPSA) is 72.7 Å². The number of ether oxygens (including phenoxy) is 1. The first-order valence-electron chi connectivity index (χ1n) is 7.80. The van der Waals surface area contributed by atoms with Gasteiger partial charge in [-0.15, -0.1) is 11.8 Å². The number of nitrogens with zero attached hydrogens (tertiary/aromatic N) is 2. The Hall–Kier alpha value is -2.61. The van der Waals surface area contributed by atoms with Gasteiger partial charge in [-0.3, -0.25) is 14.9 Å². The van der Waals surface area contributed by atoms with Gasteiger partial charge in [-0.25, -0.2) is 4.39 Å². The Morgan fingerprint density at radius 2 is 1.96 bits per heavy atom. The van der Waals surface area contributed by atoms with E-state index >= 15 is 0 Å². The molecule has 0 unspecified atom stereocenters. The Labute approximate surface area is 155 Å². The Morgan fingerprint density at radius 3 is 2.50 bits per heavy atom. The molecule has 1 atom stereocenters. The summed E-state index contributed by atoms with van der Waals surface area (Å²) in [7, 11) is 3.04. The monoisotopic (exact) mass is 378 g/mol. The number of hydrogen-bond donors (Lipinski definition) is 0. The second-order valence-corrected chi connectivity index (χ2v) is 7.09. The van der Waals surface area contributed by atoms with Gasteiger partial charge in [0.1, 0.15) is 0 Å². The third kappa shape index (κ3) is 4.95. The molecule has 0 saturated carbocycles. The standard InChI is InChI=1S/C18H19FN2O4S/c1-12(26-15-7-5-14(6-8-15)21(23)24)18(22)20(2)11-13-4-9-17(25-3)16(19)10-13/h4-10,12H,11H2,1-3H3/t12-/m0/s1. The van der Waals surface area contributed by atoms with Crippen molar-refractivity contribution in [1.82, 2.24) is 4.90 Å². The normalized spacial score (nSPS) is 11.7. The minimum absolute atomic E-state index is 0.00646. The lowest BCUT2D eigenvalue weighted by atomic mass is 10.2. The minimum Gasteiger partial charge on any atom is -0.494 e. The first kappa shape index (κ1) is 19.7. The molecule has 138 valence electrons. The summed E-state index contributed by atoms with van der Waals surface area (Å²) in [5.41, 5.74) is 0.665. The van der Waals surface area contributed by atoms with E-state index in [1.807, 2.05) is 0 Å². The van der Waals surface area contributed by atoms with Crippen LogP contribution in [0.3, 0.4) is 0 Å². The van der Waals surface area contributed by atoms with Crippen LogP contribution < -0.4 is 4.74 Å². The zero-order valence-corrected chi connectivity index (χ0v) is 15.5. The molecule has 8 heteroatoms. The average molecular weight is 378 g/mol. The quantitative estimate of drug-likeness (QED) is 0.415. The maximum absolute atomic E-state index is 13.8. The molecule has 0 aliphatic rings. The summed E-state index contributed by atoms with van der Waals surface area (Å²) in [6, 6.07) is 10.6. The molecule has 2 rings (SSSR count). The van der Waals surface area contributed by atoms with Gasteiger partial charge in [0, 0.05) is 30.6 Å². The smallest absolute Gasteiger partial charge is 0.269 e. The van der Waals surface area contributed by atoms with Crippen molar-refractivity contribution < 1.29 is 18.8 Å². The van der Waals surface area contributed by atoms with Gasteiger partial charge in [-0.1, -0.05) is 6.07 Å². The van der Waals surface area contributed by atoms with Crippen molar-refractivity contribution in [2.75, 3.05) is 14.2 Å². The number of nitro benzene ring substituents is 1. The van der Waals surface area contributed by atoms with Crippen LogP contribution in [0.1, 0.15) is 12.5 Å². The molecule has 0 heterocycles. The zero-order chi connectivity index (χ0) is 19.3. The van der Waals surface area contributed by atoms with Gasteiger partial charge < -0.3 is 9.64 Å². The maximum Gasteiger partial charge on any atom is 0.269 e. The molecule has 0 spiro atoms. The molecule has 26 heavy (non-hydrogen) atoms. The number of halogens is 1. The first-order valence-corrected chi connectivity index (χ1v) is 8.68. The minimum atomic E-state index is -0.473. The molecular formula is C18H19FN2O4S. The molecule has 0 bridgehead atoms. The number of carbonyl (C=O) groups is 1. The van der Waals surface area contributed by atoms with Crippen LogP contribution in [0, 0.1) is 15.9 Å². The predicted molar refractivity (Wildman–Crippen MR) is 97.8 cm³/mol. The second kappa shape index (κ2) is 8.66. The Bertz CT molecular complexity index is 798. The molecule has 2 aromatic carbocycles. The summed E-state index contributed by atoms with van der Waals surface area (Å²) >= 11 is 1.31. The largest absolute Gasteiger partial charge is 0.494 e. The first-order chi connectivity index (χ1) is 12.3. The van der Waals surface area contributed by atoms with E-state index in [0.717, 1.165) is 4.90 Å². The van der Waals surface area contributed by atoms with Gasteiger partial charge in [-0.05, 0) is 36.8 Å². The number of benzene rings is 2. The molecule has 0 saturated heterocycles. The molecule has 6 nitrogen and oxygen atoms in total. The molecule has 2 aromatic rings. The van der Waals surface area contributed by atoms with Crippen LogP contribution in [0.4, 0.5) is 10.1 Å². The van der Waals surface area contributed by atoms with Crippen molar-refractivity contribution in [2.24, 2.45) is 0 Å². The van der Waals surface area contributed by atoms with Crippen LogP contribution >= 0.6 is 11.8 Å². The molecule has 0 N–H and O–H groups in total. The summed E-state index contributed by atoms with van der Waals surface area (Å²) in [5.74, 6) is -0.437. The summed E-state index contributed by atoms with van der Waals surface area (Å²) in [4.78, 5) is 25.0. The zero-order valence-electron chi connectivity index (χ0n) is 14.6. The summed E-state index contributed by atoms with van der Waals surface area (Å²) in [5, 5.41) is 10.3. The Morgan fingerprint density at radius 1 is 1.31 bits per heavy atom. The molecule has 0 aliphatic heterocycles. The average Bonchev–Trinajstić information content (AvgIpc) is 2.61. The maximum atomic E-state index is 13.8. The highest BCUT2D eigenvalue weighted by atomic mass is 32.2. The summed E-state index contributed by atoms with van der Waals surface area (Å²) < 4.78 is 18.6. The Kier molecular flexibility index (Phi) is 6.57. The number of thioether (sulfide) groups is 1. The van der Waals surface area contributed by atoms with Gasteiger partial charge in [0.15, 0.2) is 11.6 Å². The van der Waals surface area contributed by atoms with Gasteiger partial charge in [0.2, 0.25) is 5.91 Å². The third-order valence-electron chi connectivity index (χ3n) is 3.72. The fourth-order valence-electron chi connectivity index (χ4n) is 2.37. The van der Waals surface area contributed by atoms with Crippen molar-refractivity contribution >= 4 is 23.4 Å². The van der Waals surface area contributed by atoms with Crippen LogP contribution in [0.2, 0.25) is 0 Å². The van der Waals surface area contributed by atoms with Crippen LogP contribution in [-0.2, 0) is 11.3 Å². The van der Waals surface area contributed by atoms with E-state index in [-0.39, 0.29) is 29.1 Å². The number of rotatable bonds is 7. The molecular weight excluding hydrogens is 359 g/mol. The number of nitro groups is 1. The SMILES string of the molecule is COc1ccc(CN(C)C(=O)[C@H](C)Sc2ccc([N+](=O)[O-])cc2)cc1F. The Balaban J connectivity index is 1.98. The van der Waals surface area contributed by atoms with Crippen LogP contribution in [0.15, 0.2) is 47.4 Å². The van der Waals surface area contributed by atoms with E-state index in [4.69, 9.17) is 4.74 Å². The van der Waals surface area contributed by atoms with Crippen LogP contribution in [-0.4, -0.2) is 35.1 Å². The van der Waals surface area contributed by atoms with Gasteiger partial charge in [0.25, 0.3) is 5.69 Å². The highest BCUT2D eigenvalue weighted by Gasteiger charge is 2.19. The predicted octanol–water partition coefficient (Wildman–Crippen LogP) is 3.88. The lowest BCUT2D eigenvalue weighted by Crippen LogP contribution is -2.32. The molecule has 0 radical (unpaired) electrons. The van der Waals surface area contributed by atoms with E-state index < -0.39 is 10.7 Å². The van der Waals surface area contributed by atoms with Crippen LogP contribution in [0.5, 0.6) is 5.75 Å². The van der Waals surface area contributed by atoms with Crippen molar-refractivity contribution in [3.63, 3.8) is 0 Å². The lowest BCUT2D eigenvalue weighted by Gasteiger charge is -2.21. The van der Waals surface area contributed by atoms with E-state index in [9.17, 15) is 19.3 Å². The fraction of sp³-hybridized carbons (Fsp3) is 0.278. The number of non-ortho nitro benzene ring substituents is 1. The van der Waals surface area contributed by atoms with Gasteiger partial charge in [0.05, 0.1) is 17.3 Å². The van der Waals surface area contributed by atoms with E-state index in [1.54, 1.807) is 32.2 Å². The van der Waals surface area contributed by atoms with E-state index in [2.05, 4.69) is 0 Å². The number of hydrogen-bond acceptors (Lipinski definition) is 5. The highest BCUT2D eigenvalue weighted by molar-refractivity contribution is 8.00. The third-order valence-corrected chi connectivity index (χ3v) is 4.82. The summed E-state index contributed by atoms with van der Waals surface area (Å²) in [6.07, 6.45) is 0. The summed E-state index contributed by atoms with van der Waals surface area (Å²) in [6.45, 7) is 2.03. The number of amides is 1. The van der Waals surface area contributed by atoms with Gasteiger partial charge >= 0.3 is 0 Å². The van der Waals surface area contributed by atoms with E-state index in [0.29, 0.717) is 5.56 Å². The van der Waals surface area contributed by atoms with E-state index in [1.165, 1.54) is 48.0 Å². The molecule has 0 aromatic heterocycles. The molecule has 0 aliphatic carbocycles. The lowest BCUT2D eigenvalue weighted by molar-refractivity contribution is -0.384. The highest BCUT2D eigenvalue weighted by Crippen LogP contribution is 2.27. The van der Waals surface area contributed by atoms with Gasteiger partial charge in [-0.2, -0.15) is 0 Å². The van der Waals surface area contributed by atoms with Crippen LogP contribution in [0.25, 0.3) is 0 Å². The molecule has 0 fully saturated rings. The second-order valence-electron chi connectivity index (χ2n) is 5.67. The van der Waals surface area contributed by atoms with Crippen molar-refractivity contribution in [1.29, 1.82) is 0 Å². The van der Waals surface area contributed by atoms with Crippen molar-refractivity contribution in [3.05, 3.63) is 64.0 Å². The number of methoxy groups -OCH3 is 1. The fourth-order valence-corrected chi connectivity index (χ4v) is 3.35. The number of carbonyl (C=O) groups excluding carboxylic acids is 1. The molecule has 1 amide bonds. The van der Waals surface area contributed by atoms with Crippen molar-refractivity contribution in [3.8, 4) is 5.75 Å². The van der Waals surface area contributed by atoms with Crippen molar-refractivity contribution in [2.45, 2.75) is 23.6 Å².